The predicted octanol–water partition coefficient (Wildman–Crippen LogP) is 2.41. The second kappa shape index (κ2) is 11.4. The van der Waals surface area contributed by atoms with Gasteiger partial charge in [-0.2, -0.15) is 5.10 Å². The number of carbonyl (C=O) groups is 2. The summed E-state index contributed by atoms with van der Waals surface area (Å²) in [6.07, 6.45) is 4.59. The van der Waals surface area contributed by atoms with Gasteiger partial charge in [0.1, 0.15) is 0 Å². The van der Waals surface area contributed by atoms with Gasteiger partial charge < -0.3 is 10.6 Å². The van der Waals surface area contributed by atoms with E-state index in [0.29, 0.717) is 19.6 Å². The van der Waals surface area contributed by atoms with Gasteiger partial charge in [0, 0.05) is 51.0 Å². The van der Waals surface area contributed by atoms with E-state index in [9.17, 15) is 9.59 Å². The number of nitrogens with one attached hydrogen (secondary N) is 2. The number of hydrogen-bond acceptors (Lipinski definition) is 4. The third kappa shape index (κ3) is 6.29. The molecule has 0 saturated carbocycles. The van der Waals surface area contributed by atoms with E-state index in [1.54, 1.807) is 6.20 Å². The Morgan fingerprint density at radius 1 is 1.06 bits per heavy atom. The molecule has 33 heavy (non-hydrogen) atoms. The lowest BCUT2D eigenvalue weighted by Crippen LogP contribution is -2.57. The number of carbonyl (C=O) groups excluding carboxylic acids is 2. The summed E-state index contributed by atoms with van der Waals surface area (Å²) in [7, 11) is 0. The highest BCUT2D eigenvalue weighted by molar-refractivity contribution is 5.88. The molecule has 0 radical (unpaired) electrons. The molecule has 2 aromatic carbocycles. The first-order valence-electron chi connectivity index (χ1n) is 11.6. The third-order valence-corrected chi connectivity index (χ3v) is 6.09. The normalized spacial score (nSPS) is 16.5. The molecule has 1 saturated heterocycles. The number of piperazine rings is 1. The molecule has 172 valence electrons. The maximum atomic E-state index is 12.7. The van der Waals surface area contributed by atoms with Crippen LogP contribution in [-0.2, 0) is 16.1 Å². The Hall–Kier alpha value is -3.45. The van der Waals surface area contributed by atoms with Crippen LogP contribution in [0.1, 0.15) is 29.9 Å². The van der Waals surface area contributed by atoms with E-state index in [-0.39, 0.29) is 24.2 Å². The molecule has 1 unspecified atom stereocenters. The van der Waals surface area contributed by atoms with E-state index in [0.717, 1.165) is 19.5 Å². The van der Waals surface area contributed by atoms with E-state index in [1.807, 2.05) is 53.3 Å². The molecule has 7 nitrogen and oxygen atoms in total. The molecule has 1 fully saturated rings. The van der Waals surface area contributed by atoms with Gasteiger partial charge in [-0.25, -0.2) is 0 Å². The zero-order valence-corrected chi connectivity index (χ0v) is 18.8. The summed E-state index contributed by atoms with van der Waals surface area (Å²) in [5.74, 6) is -0.0516. The monoisotopic (exact) mass is 445 g/mol. The largest absolute Gasteiger partial charge is 0.356 e. The molecule has 4 rings (SSSR count). The van der Waals surface area contributed by atoms with Gasteiger partial charge in [0.15, 0.2) is 0 Å². The number of nitrogens with zero attached hydrogens (tertiary/aromatic N) is 3. The Labute approximate surface area is 194 Å². The van der Waals surface area contributed by atoms with Crippen molar-refractivity contribution in [3.8, 4) is 0 Å². The van der Waals surface area contributed by atoms with Crippen molar-refractivity contribution >= 4 is 11.8 Å². The van der Waals surface area contributed by atoms with Crippen LogP contribution in [0, 0.1) is 0 Å². The third-order valence-electron chi connectivity index (χ3n) is 6.09. The highest BCUT2D eigenvalue weighted by atomic mass is 16.2. The number of rotatable bonds is 10. The van der Waals surface area contributed by atoms with Gasteiger partial charge >= 0.3 is 0 Å². The maximum absolute atomic E-state index is 12.7. The highest BCUT2D eigenvalue weighted by Crippen LogP contribution is 2.27. The molecule has 2 heterocycles. The summed E-state index contributed by atoms with van der Waals surface area (Å²) in [6.45, 7) is 3.30. The summed E-state index contributed by atoms with van der Waals surface area (Å²) < 4.78 is 1.84. The van der Waals surface area contributed by atoms with Crippen molar-refractivity contribution in [3.63, 3.8) is 0 Å². The van der Waals surface area contributed by atoms with Crippen molar-refractivity contribution in [1.82, 2.24) is 25.3 Å². The Morgan fingerprint density at radius 2 is 1.76 bits per heavy atom. The van der Waals surface area contributed by atoms with Crippen molar-refractivity contribution < 1.29 is 9.59 Å². The van der Waals surface area contributed by atoms with Crippen LogP contribution in [0.2, 0.25) is 0 Å². The van der Waals surface area contributed by atoms with Crippen molar-refractivity contribution in [3.05, 3.63) is 90.3 Å². The summed E-state index contributed by atoms with van der Waals surface area (Å²) in [6, 6.07) is 22.1. The molecular weight excluding hydrogens is 414 g/mol. The molecule has 1 aliphatic rings. The van der Waals surface area contributed by atoms with Gasteiger partial charge in [0.05, 0.1) is 12.5 Å². The Kier molecular flexibility index (Phi) is 7.87. The van der Waals surface area contributed by atoms with Crippen LogP contribution in [0.5, 0.6) is 0 Å². The van der Waals surface area contributed by atoms with E-state index in [4.69, 9.17) is 0 Å². The maximum Gasteiger partial charge on any atom is 0.237 e. The van der Waals surface area contributed by atoms with Crippen LogP contribution in [0.25, 0.3) is 0 Å². The summed E-state index contributed by atoms with van der Waals surface area (Å²) in [5.41, 5.74) is 2.41. The number of aryl methyl sites for hydroxylation is 1. The fourth-order valence-electron chi connectivity index (χ4n) is 4.36. The number of amides is 2. The Balaban J connectivity index is 1.40. The smallest absolute Gasteiger partial charge is 0.237 e. The van der Waals surface area contributed by atoms with Gasteiger partial charge in [-0.15, -0.1) is 0 Å². The molecule has 2 N–H and O–H groups in total. The van der Waals surface area contributed by atoms with E-state index < -0.39 is 6.04 Å². The number of benzene rings is 2. The van der Waals surface area contributed by atoms with E-state index in [1.165, 1.54) is 11.1 Å². The predicted molar refractivity (Wildman–Crippen MR) is 128 cm³/mol. The Morgan fingerprint density at radius 3 is 2.39 bits per heavy atom. The van der Waals surface area contributed by atoms with Gasteiger partial charge in [-0.3, -0.25) is 19.2 Å². The molecule has 2 amide bonds. The molecule has 0 aliphatic carbocycles. The fourth-order valence-corrected chi connectivity index (χ4v) is 4.36. The minimum absolute atomic E-state index is 0.0761. The van der Waals surface area contributed by atoms with Gasteiger partial charge in [0.2, 0.25) is 11.8 Å². The first kappa shape index (κ1) is 22.7. The second-order valence-electron chi connectivity index (χ2n) is 8.35. The SMILES string of the molecule is O=C(CC1C(=O)NCCN1CC(c1ccccc1)c1ccccc1)NCCCn1cccn1. The molecule has 0 spiro atoms. The van der Waals surface area contributed by atoms with Crippen LogP contribution in [0.4, 0.5) is 0 Å². The van der Waals surface area contributed by atoms with Crippen LogP contribution >= 0.6 is 0 Å². The van der Waals surface area contributed by atoms with Crippen molar-refractivity contribution in [2.24, 2.45) is 0 Å². The Bertz CT molecular complexity index is 968. The van der Waals surface area contributed by atoms with Crippen LogP contribution in [0.15, 0.2) is 79.1 Å². The molecule has 0 bridgehead atoms. The van der Waals surface area contributed by atoms with Crippen LogP contribution in [-0.4, -0.2) is 58.7 Å². The lowest BCUT2D eigenvalue weighted by molar-refractivity contribution is -0.134. The van der Waals surface area contributed by atoms with Crippen LogP contribution in [0.3, 0.4) is 0 Å². The standard InChI is InChI=1S/C26H31N5O2/c32-25(27-13-7-16-31-17-8-14-29-31)19-24-26(33)28-15-18-30(24)20-23(21-9-3-1-4-10-21)22-11-5-2-6-12-22/h1-6,8-12,14,17,23-24H,7,13,15-16,18-20H2,(H,27,32)(H,28,33). The molecule has 3 aromatic rings. The molecular formula is C26H31N5O2. The first-order valence-corrected chi connectivity index (χ1v) is 11.6. The average Bonchev–Trinajstić information content (AvgIpc) is 3.37. The minimum atomic E-state index is -0.472. The van der Waals surface area contributed by atoms with Gasteiger partial charge in [0.25, 0.3) is 0 Å². The number of hydrogen-bond donors (Lipinski definition) is 2. The molecule has 1 aliphatic heterocycles. The lowest BCUT2D eigenvalue weighted by atomic mass is 9.90. The van der Waals surface area contributed by atoms with Crippen molar-refractivity contribution in [2.45, 2.75) is 31.3 Å². The van der Waals surface area contributed by atoms with Gasteiger partial charge in [-0.05, 0) is 23.6 Å². The van der Waals surface area contributed by atoms with Gasteiger partial charge in [-0.1, -0.05) is 60.7 Å². The lowest BCUT2D eigenvalue weighted by Gasteiger charge is -2.37. The summed E-state index contributed by atoms with van der Waals surface area (Å²) in [5, 5.41) is 10.1. The first-order chi connectivity index (χ1) is 16.2. The topological polar surface area (TPSA) is 79.3 Å². The minimum Gasteiger partial charge on any atom is -0.356 e. The summed E-state index contributed by atoms with van der Waals surface area (Å²) in [4.78, 5) is 27.5. The fraction of sp³-hybridized carbons (Fsp3) is 0.346. The van der Waals surface area contributed by atoms with E-state index in [2.05, 4.69) is 44.9 Å². The zero-order chi connectivity index (χ0) is 22.9. The summed E-state index contributed by atoms with van der Waals surface area (Å²) >= 11 is 0. The molecule has 1 aromatic heterocycles. The molecule has 7 heteroatoms. The highest BCUT2D eigenvalue weighted by Gasteiger charge is 2.33. The number of aromatic nitrogens is 2. The van der Waals surface area contributed by atoms with Crippen LogP contribution < -0.4 is 10.6 Å². The van der Waals surface area contributed by atoms with Crippen molar-refractivity contribution in [1.29, 1.82) is 0 Å². The van der Waals surface area contributed by atoms with Crippen molar-refractivity contribution in [2.75, 3.05) is 26.2 Å². The zero-order valence-electron chi connectivity index (χ0n) is 18.8. The van der Waals surface area contributed by atoms with E-state index >= 15 is 0 Å². The quantitative estimate of drug-likeness (QED) is 0.470. The average molecular weight is 446 g/mol. The molecule has 1 atom stereocenters. The second-order valence-corrected chi connectivity index (χ2v) is 8.35.